The highest BCUT2D eigenvalue weighted by Gasteiger charge is 2.24. The summed E-state index contributed by atoms with van der Waals surface area (Å²) in [5.41, 5.74) is 1.39. The average molecular weight is 367 g/mol. The number of rotatable bonds is 2. The zero-order valence-corrected chi connectivity index (χ0v) is 14.6. The van der Waals surface area contributed by atoms with E-state index in [1.165, 1.54) is 11.8 Å². The van der Waals surface area contributed by atoms with Crippen molar-refractivity contribution in [2.45, 2.75) is 13.8 Å². The Kier molecular flexibility index (Phi) is 4.53. The number of amidine groups is 1. The molecule has 1 amide bonds. The van der Waals surface area contributed by atoms with Crippen molar-refractivity contribution < 1.29 is 9.21 Å². The number of amides is 1. The van der Waals surface area contributed by atoms with Gasteiger partial charge in [-0.25, -0.2) is 4.99 Å². The van der Waals surface area contributed by atoms with E-state index in [4.69, 9.17) is 27.6 Å². The van der Waals surface area contributed by atoms with Crippen LogP contribution < -0.4 is 5.32 Å². The Balaban J connectivity index is 1.89. The lowest BCUT2D eigenvalue weighted by atomic mass is 10.2. The molecule has 0 bridgehead atoms. The van der Waals surface area contributed by atoms with Gasteiger partial charge in [0.15, 0.2) is 5.17 Å². The van der Waals surface area contributed by atoms with Crippen molar-refractivity contribution in [1.82, 2.24) is 5.32 Å². The van der Waals surface area contributed by atoms with Gasteiger partial charge in [-0.05, 0) is 49.9 Å². The first-order valence-electron chi connectivity index (χ1n) is 6.74. The minimum absolute atomic E-state index is 0.204. The number of hydrogen-bond acceptors (Lipinski definition) is 4. The topological polar surface area (TPSA) is 54.6 Å². The van der Waals surface area contributed by atoms with Crippen LogP contribution in [0, 0.1) is 13.8 Å². The molecule has 2 aromatic rings. The molecule has 0 radical (unpaired) electrons. The maximum Gasteiger partial charge on any atom is 0.264 e. The summed E-state index contributed by atoms with van der Waals surface area (Å²) in [5, 5.41) is 3.96. The number of nitrogens with zero attached hydrogens (tertiary/aromatic N) is 1. The predicted octanol–water partition coefficient (Wildman–Crippen LogP) is 5.09. The Morgan fingerprint density at radius 1 is 1.30 bits per heavy atom. The monoisotopic (exact) mass is 366 g/mol. The molecule has 23 heavy (non-hydrogen) atoms. The van der Waals surface area contributed by atoms with Crippen LogP contribution in [0.15, 0.2) is 38.6 Å². The number of aliphatic imine (C=N–C) groups is 1. The summed E-state index contributed by atoms with van der Waals surface area (Å²) < 4.78 is 5.46. The first kappa shape index (κ1) is 16.2. The van der Waals surface area contributed by atoms with Crippen molar-refractivity contribution in [3.05, 3.63) is 56.3 Å². The first-order valence-corrected chi connectivity index (χ1v) is 8.32. The number of aryl methyl sites for hydroxylation is 2. The van der Waals surface area contributed by atoms with Gasteiger partial charge in [0.05, 0.1) is 20.6 Å². The summed E-state index contributed by atoms with van der Waals surface area (Å²) in [6.45, 7) is 3.72. The van der Waals surface area contributed by atoms with Crippen LogP contribution in [-0.2, 0) is 4.79 Å². The molecule has 1 aliphatic rings. The Labute approximate surface area is 147 Å². The van der Waals surface area contributed by atoms with E-state index >= 15 is 0 Å². The van der Waals surface area contributed by atoms with Crippen LogP contribution in [0.3, 0.4) is 0 Å². The molecule has 0 unspecified atom stereocenters. The summed E-state index contributed by atoms with van der Waals surface area (Å²) in [5.74, 6) is 1.37. The van der Waals surface area contributed by atoms with E-state index in [0.717, 1.165) is 17.1 Å². The molecule has 0 spiro atoms. The van der Waals surface area contributed by atoms with Gasteiger partial charge in [0.2, 0.25) is 0 Å². The molecule has 0 saturated carbocycles. The number of carbonyl (C=O) groups excluding carboxylic acids is 1. The van der Waals surface area contributed by atoms with Gasteiger partial charge < -0.3 is 9.73 Å². The van der Waals surface area contributed by atoms with Crippen molar-refractivity contribution in [3.8, 4) is 0 Å². The Morgan fingerprint density at radius 2 is 2.09 bits per heavy atom. The molecule has 1 aromatic heterocycles. The number of hydrogen-bond donors (Lipinski definition) is 1. The molecule has 1 aromatic carbocycles. The molecule has 7 heteroatoms. The molecule has 1 fully saturated rings. The van der Waals surface area contributed by atoms with Crippen molar-refractivity contribution in [2.24, 2.45) is 4.99 Å². The zero-order chi connectivity index (χ0) is 16.6. The number of thioether (sulfide) groups is 1. The molecule has 4 nitrogen and oxygen atoms in total. The molecule has 0 aliphatic carbocycles. The lowest BCUT2D eigenvalue weighted by Crippen LogP contribution is -2.19. The summed E-state index contributed by atoms with van der Waals surface area (Å²) >= 11 is 13.3. The number of furan rings is 1. The summed E-state index contributed by atoms with van der Waals surface area (Å²) in [6, 6.07) is 7.06. The normalized spacial score (nSPS) is 18.0. The maximum atomic E-state index is 12.1. The van der Waals surface area contributed by atoms with E-state index in [-0.39, 0.29) is 5.91 Å². The van der Waals surface area contributed by atoms with Gasteiger partial charge in [-0.15, -0.1) is 0 Å². The fraction of sp³-hybridized carbons (Fsp3) is 0.125. The van der Waals surface area contributed by atoms with Gasteiger partial charge in [-0.1, -0.05) is 29.3 Å². The van der Waals surface area contributed by atoms with Gasteiger partial charge in [0, 0.05) is 5.56 Å². The maximum absolute atomic E-state index is 12.1. The van der Waals surface area contributed by atoms with Crippen molar-refractivity contribution in [3.63, 3.8) is 0 Å². The Hall–Kier alpha value is -1.69. The van der Waals surface area contributed by atoms with Gasteiger partial charge in [-0.3, -0.25) is 4.79 Å². The van der Waals surface area contributed by atoms with E-state index in [0.29, 0.717) is 25.8 Å². The molecule has 1 saturated heterocycles. The van der Waals surface area contributed by atoms with Crippen LogP contribution in [0.25, 0.3) is 6.08 Å². The van der Waals surface area contributed by atoms with Crippen LogP contribution >= 0.6 is 35.0 Å². The number of halogens is 2. The van der Waals surface area contributed by atoms with E-state index in [9.17, 15) is 4.79 Å². The second-order valence-corrected chi connectivity index (χ2v) is 6.74. The standard InChI is InChI=1S/C16H12Cl2N2O2S/c1-8-6-10(9(2)22-8)7-13-15(21)20-16(23-13)19-12-5-3-4-11(17)14(12)18/h3-7H,1-2H3,(H,19,20,21)/b13-7-. The molecule has 1 aliphatic heterocycles. The second kappa shape index (κ2) is 6.43. The van der Waals surface area contributed by atoms with Crippen LogP contribution in [0.5, 0.6) is 0 Å². The summed E-state index contributed by atoms with van der Waals surface area (Å²) in [6.07, 6.45) is 1.79. The quantitative estimate of drug-likeness (QED) is 0.752. The molecule has 118 valence electrons. The van der Waals surface area contributed by atoms with Crippen LogP contribution in [-0.4, -0.2) is 11.1 Å². The highest BCUT2D eigenvalue weighted by Crippen LogP contribution is 2.34. The minimum Gasteiger partial charge on any atom is -0.466 e. The van der Waals surface area contributed by atoms with Crippen molar-refractivity contribution in [1.29, 1.82) is 0 Å². The van der Waals surface area contributed by atoms with Gasteiger partial charge in [0.25, 0.3) is 5.91 Å². The average Bonchev–Trinajstić information content (AvgIpc) is 2.98. The van der Waals surface area contributed by atoms with E-state index in [2.05, 4.69) is 10.3 Å². The lowest BCUT2D eigenvalue weighted by molar-refractivity contribution is -0.115. The molecule has 0 atom stereocenters. The van der Waals surface area contributed by atoms with Crippen LogP contribution in [0.2, 0.25) is 10.0 Å². The van der Waals surface area contributed by atoms with Gasteiger partial charge in [-0.2, -0.15) is 0 Å². The van der Waals surface area contributed by atoms with Gasteiger partial charge in [0.1, 0.15) is 11.5 Å². The lowest BCUT2D eigenvalue weighted by Gasteiger charge is -2.00. The summed E-state index contributed by atoms with van der Waals surface area (Å²) in [7, 11) is 0. The Bertz CT molecular complexity index is 856. The predicted molar refractivity (Wildman–Crippen MR) is 95.4 cm³/mol. The molecule has 1 N–H and O–H groups in total. The largest absolute Gasteiger partial charge is 0.466 e. The zero-order valence-electron chi connectivity index (χ0n) is 12.3. The first-order chi connectivity index (χ1) is 10.9. The Morgan fingerprint density at radius 3 is 2.78 bits per heavy atom. The molecule has 2 heterocycles. The van der Waals surface area contributed by atoms with Gasteiger partial charge >= 0.3 is 0 Å². The van der Waals surface area contributed by atoms with Crippen molar-refractivity contribution >= 4 is 57.8 Å². The van der Waals surface area contributed by atoms with E-state index in [1.54, 1.807) is 24.3 Å². The molecular weight excluding hydrogens is 355 g/mol. The SMILES string of the molecule is Cc1cc(/C=C2\SC(=Nc3cccc(Cl)c3Cl)NC2=O)c(C)o1. The fourth-order valence-electron chi connectivity index (χ4n) is 2.10. The third kappa shape index (κ3) is 3.47. The number of benzene rings is 1. The van der Waals surface area contributed by atoms with Crippen LogP contribution in [0.4, 0.5) is 5.69 Å². The smallest absolute Gasteiger partial charge is 0.264 e. The second-order valence-electron chi connectivity index (χ2n) is 4.92. The highest BCUT2D eigenvalue weighted by atomic mass is 35.5. The molecular formula is C16H12Cl2N2O2S. The third-order valence-corrected chi connectivity index (χ3v) is 4.89. The van der Waals surface area contributed by atoms with Crippen molar-refractivity contribution in [2.75, 3.05) is 0 Å². The number of carbonyl (C=O) groups is 1. The highest BCUT2D eigenvalue weighted by molar-refractivity contribution is 8.18. The van der Waals surface area contributed by atoms with E-state index < -0.39 is 0 Å². The fourth-order valence-corrected chi connectivity index (χ4v) is 3.27. The van der Waals surface area contributed by atoms with Crippen LogP contribution in [0.1, 0.15) is 17.1 Å². The molecule has 3 rings (SSSR count). The summed E-state index contributed by atoms with van der Waals surface area (Å²) in [4.78, 5) is 17.0. The van der Waals surface area contributed by atoms with E-state index in [1.807, 2.05) is 19.9 Å². The third-order valence-electron chi connectivity index (χ3n) is 3.17. The minimum atomic E-state index is -0.204. The number of nitrogens with one attached hydrogen (secondary N) is 1.